The van der Waals surface area contributed by atoms with Gasteiger partial charge >= 0.3 is 5.97 Å². The molecule has 0 atom stereocenters. The second-order valence-electron chi connectivity index (χ2n) is 7.14. The average molecular weight is 400 g/mol. The van der Waals surface area contributed by atoms with Gasteiger partial charge in [-0.1, -0.05) is 19.3 Å². The Hall–Kier alpha value is -3.23. The number of nitrogens with one attached hydrogen (secondary N) is 1. The van der Waals surface area contributed by atoms with Crippen molar-refractivity contribution in [2.24, 2.45) is 4.99 Å². The molecule has 0 amide bonds. The summed E-state index contributed by atoms with van der Waals surface area (Å²) in [5.74, 6) is -0.478. The Balaban J connectivity index is 2.03. The highest BCUT2D eigenvalue weighted by atomic mass is 16.6. The van der Waals surface area contributed by atoms with Gasteiger partial charge < -0.3 is 4.74 Å². The fourth-order valence-electron chi connectivity index (χ4n) is 3.65. The molecule has 3 rings (SSSR count). The van der Waals surface area contributed by atoms with Crippen molar-refractivity contribution < 1.29 is 14.5 Å². The molecule has 1 heterocycles. The maximum absolute atomic E-state index is 13.1. The molecule has 1 aliphatic rings. The first-order valence-electron chi connectivity index (χ1n) is 9.61. The predicted octanol–water partition coefficient (Wildman–Crippen LogP) is 2.93. The Kier molecular flexibility index (Phi) is 6.26. The van der Waals surface area contributed by atoms with Gasteiger partial charge in [-0.25, -0.2) is 4.68 Å². The van der Waals surface area contributed by atoms with Crippen molar-refractivity contribution in [1.29, 1.82) is 0 Å². The fourth-order valence-corrected chi connectivity index (χ4v) is 3.65. The first-order chi connectivity index (χ1) is 13.9. The zero-order valence-corrected chi connectivity index (χ0v) is 16.5. The topological polar surface area (TPSA) is 120 Å². The highest BCUT2D eigenvalue weighted by Crippen LogP contribution is 2.21. The molecule has 0 unspecified atom stereocenters. The van der Waals surface area contributed by atoms with Crippen LogP contribution in [0.1, 0.15) is 50.3 Å². The van der Waals surface area contributed by atoms with Crippen LogP contribution in [0.4, 0.5) is 5.69 Å². The highest BCUT2D eigenvalue weighted by molar-refractivity contribution is 6.00. The molecule has 1 aliphatic carbocycles. The van der Waals surface area contributed by atoms with Crippen LogP contribution in [-0.2, 0) is 16.0 Å². The number of aromatic nitrogens is 2. The average Bonchev–Trinajstić information content (AvgIpc) is 3.04. The van der Waals surface area contributed by atoms with Gasteiger partial charge in [0, 0.05) is 17.8 Å². The van der Waals surface area contributed by atoms with E-state index in [-0.39, 0.29) is 23.7 Å². The maximum atomic E-state index is 13.1. The van der Waals surface area contributed by atoms with Crippen LogP contribution in [-0.4, -0.2) is 39.5 Å². The molecule has 29 heavy (non-hydrogen) atoms. The van der Waals surface area contributed by atoms with Gasteiger partial charge in [0.25, 0.3) is 11.2 Å². The Morgan fingerprint density at radius 2 is 1.93 bits per heavy atom. The van der Waals surface area contributed by atoms with Gasteiger partial charge in [0.05, 0.1) is 41.4 Å². The molecular weight excluding hydrogens is 376 g/mol. The lowest BCUT2D eigenvalue weighted by Crippen LogP contribution is -2.21. The number of aliphatic imine (C=N–C) groups is 1. The fraction of sp³-hybridized carbons (Fsp3) is 0.450. The number of rotatable bonds is 6. The summed E-state index contributed by atoms with van der Waals surface area (Å²) in [6.45, 7) is 1.78. The highest BCUT2D eigenvalue weighted by Gasteiger charge is 2.22. The molecule has 1 aromatic heterocycles. The summed E-state index contributed by atoms with van der Waals surface area (Å²) in [5, 5.41) is 13.8. The lowest BCUT2D eigenvalue weighted by Gasteiger charge is -2.18. The summed E-state index contributed by atoms with van der Waals surface area (Å²) in [7, 11) is 1.29. The Labute approximate surface area is 167 Å². The van der Waals surface area contributed by atoms with Crippen molar-refractivity contribution in [3.63, 3.8) is 0 Å². The predicted molar refractivity (Wildman–Crippen MR) is 108 cm³/mol. The van der Waals surface area contributed by atoms with Crippen molar-refractivity contribution in [2.75, 3.05) is 7.11 Å². The molecule has 2 aromatic rings. The number of carbonyl (C=O) groups is 1. The van der Waals surface area contributed by atoms with Crippen LogP contribution in [0, 0.1) is 10.1 Å². The molecule has 154 valence electrons. The molecule has 0 bridgehead atoms. The van der Waals surface area contributed by atoms with E-state index in [1.165, 1.54) is 42.5 Å². The maximum Gasteiger partial charge on any atom is 0.311 e. The summed E-state index contributed by atoms with van der Waals surface area (Å²) in [4.78, 5) is 40.1. The van der Waals surface area contributed by atoms with Crippen LogP contribution in [0.25, 0.3) is 5.69 Å². The van der Waals surface area contributed by atoms with Gasteiger partial charge in [-0.05, 0) is 31.9 Å². The normalized spacial score (nSPS) is 15.3. The van der Waals surface area contributed by atoms with Gasteiger partial charge in [-0.3, -0.25) is 29.8 Å². The van der Waals surface area contributed by atoms with E-state index in [1.807, 2.05) is 0 Å². The van der Waals surface area contributed by atoms with Crippen LogP contribution in [0.15, 0.2) is 34.1 Å². The lowest BCUT2D eigenvalue weighted by atomic mass is 9.95. The Morgan fingerprint density at radius 1 is 1.28 bits per heavy atom. The smallest absolute Gasteiger partial charge is 0.311 e. The zero-order chi connectivity index (χ0) is 21.0. The number of hydrogen-bond acceptors (Lipinski definition) is 6. The van der Waals surface area contributed by atoms with Crippen molar-refractivity contribution in [1.82, 2.24) is 9.78 Å². The third kappa shape index (κ3) is 4.61. The summed E-state index contributed by atoms with van der Waals surface area (Å²) >= 11 is 0. The Bertz CT molecular complexity index is 981. The van der Waals surface area contributed by atoms with Crippen LogP contribution in [0.3, 0.4) is 0 Å². The van der Waals surface area contributed by atoms with E-state index in [0.717, 1.165) is 25.7 Å². The van der Waals surface area contributed by atoms with Gasteiger partial charge in [-0.15, -0.1) is 0 Å². The number of nitro groups is 1. The zero-order valence-electron chi connectivity index (χ0n) is 16.5. The van der Waals surface area contributed by atoms with Crippen molar-refractivity contribution >= 4 is 17.4 Å². The molecule has 9 nitrogen and oxygen atoms in total. The van der Waals surface area contributed by atoms with Crippen molar-refractivity contribution in [3.8, 4) is 5.69 Å². The quantitative estimate of drug-likeness (QED) is 0.346. The molecule has 1 N–H and O–H groups in total. The van der Waals surface area contributed by atoms with E-state index in [9.17, 15) is 19.7 Å². The number of hydrogen-bond donors (Lipinski definition) is 1. The molecule has 0 aliphatic heterocycles. The Morgan fingerprint density at radius 3 is 2.52 bits per heavy atom. The molecule has 0 saturated heterocycles. The third-order valence-corrected chi connectivity index (χ3v) is 5.15. The summed E-state index contributed by atoms with van der Waals surface area (Å²) in [6.07, 6.45) is 5.33. The molecule has 9 heteroatoms. The van der Waals surface area contributed by atoms with Crippen molar-refractivity contribution in [3.05, 3.63) is 56.0 Å². The van der Waals surface area contributed by atoms with Gasteiger partial charge in [0.1, 0.15) is 0 Å². The van der Waals surface area contributed by atoms with E-state index in [2.05, 4.69) is 5.10 Å². The number of methoxy groups -OCH3 is 1. The minimum absolute atomic E-state index is 0.0709. The molecule has 1 saturated carbocycles. The standard InChI is InChI=1S/C20H24N4O5/c1-13(21-14-6-4-3-5-7-14)19-17(12-18(25)29-2)22-23(20(19)26)15-8-10-16(11-9-15)24(27)28/h8-11,14,22H,3-7,12H2,1-2H3. The first kappa shape index (κ1) is 20.5. The second-order valence-corrected chi connectivity index (χ2v) is 7.14. The van der Waals surface area contributed by atoms with Crippen LogP contribution in [0.5, 0.6) is 0 Å². The summed E-state index contributed by atoms with van der Waals surface area (Å²) in [5.41, 5.74) is 1.35. The largest absolute Gasteiger partial charge is 0.469 e. The molecule has 0 radical (unpaired) electrons. The number of nitrogens with zero attached hydrogens (tertiary/aromatic N) is 3. The number of ether oxygens (including phenoxy) is 1. The SMILES string of the molecule is COC(=O)Cc1[nH]n(-c2ccc([N+](=O)[O-])cc2)c(=O)c1C(C)=NC1CCCCC1. The van der Waals surface area contributed by atoms with Gasteiger partial charge in [0.2, 0.25) is 0 Å². The summed E-state index contributed by atoms with van der Waals surface area (Å²) < 4.78 is 6.03. The van der Waals surface area contributed by atoms with Crippen LogP contribution < -0.4 is 5.56 Å². The van der Waals surface area contributed by atoms with Gasteiger partial charge in [0.15, 0.2) is 0 Å². The number of carbonyl (C=O) groups excluding carboxylic acids is 1. The molecule has 0 spiro atoms. The summed E-state index contributed by atoms with van der Waals surface area (Å²) in [6, 6.07) is 5.79. The minimum atomic E-state index is -0.504. The number of aromatic amines is 1. The first-order valence-corrected chi connectivity index (χ1v) is 9.61. The van der Waals surface area contributed by atoms with E-state index >= 15 is 0 Å². The van der Waals surface area contributed by atoms with Gasteiger partial charge in [-0.2, -0.15) is 0 Å². The van der Waals surface area contributed by atoms with Crippen LogP contribution >= 0.6 is 0 Å². The van der Waals surface area contributed by atoms with Crippen LogP contribution in [0.2, 0.25) is 0 Å². The third-order valence-electron chi connectivity index (χ3n) is 5.15. The van der Waals surface area contributed by atoms with E-state index in [1.54, 1.807) is 6.92 Å². The molecule has 1 fully saturated rings. The monoisotopic (exact) mass is 400 g/mol. The second kappa shape index (κ2) is 8.85. The number of esters is 1. The number of H-pyrrole nitrogens is 1. The van der Waals surface area contributed by atoms with E-state index in [4.69, 9.17) is 9.73 Å². The minimum Gasteiger partial charge on any atom is -0.469 e. The molecule has 1 aromatic carbocycles. The number of nitro benzene ring substituents is 1. The van der Waals surface area contributed by atoms with E-state index < -0.39 is 10.9 Å². The number of benzene rings is 1. The number of non-ortho nitro benzene ring substituents is 1. The van der Waals surface area contributed by atoms with E-state index in [0.29, 0.717) is 22.7 Å². The van der Waals surface area contributed by atoms with Crippen molar-refractivity contribution in [2.45, 2.75) is 51.5 Å². The lowest BCUT2D eigenvalue weighted by molar-refractivity contribution is -0.384. The molecular formula is C20H24N4O5.